The molecule has 0 aliphatic carbocycles. The normalized spacial score (nSPS) is 11.2. The second-order valence-corrected chi connectivity index (χ2v) is 4.75. The number of aromatic nitrogens is 2. The summed E-state index contributed by atoms with van der Waals surface area (Å²) in [6, 6.07) is 9.55. The summed E-state index contributed by atoms with van der Waals surface area (Å²) in [6.07, 6.45) is 3.67. The second kappa shape index (κ2) is 5.07. The Morgan fingerprint density at radius 2 is 2.16 bits per heavy atom. The van der Waals surface area contributed by atoms with Gasteiger partial charge < -0.3 is 10.3 Å². The fourth-order valence-corrected chi connectivity index (χ4v) is 2.28. The van der Waals surface area contributed by atoms with Crippen LogP contribution in [0.25, 0.3) is 23.5 Å². The number of rotatable bonds is 3. The van der Waals surface area contributed by atoms with Crippen LogP contribution in [0.1, 0.15) is 11.5 Å². The molecular formula is C14H11N3OS. The van der Waals surface area contributed by atoms with E-state index in [4.69, 9.17) is 10.3 Å². The number of nitrogen functional groups attached to an aromatic ring is 1. The molecule has 0 radical (unpaired) electrons. The molecule has 3 rings (SSSR count). The van der Waals surface area contributed by atoms with Crippen molar-refractivity contribution in [3.8, 4) is 11.4 Å². The number of thiophene rings is 1. The molecule has 3 aromatic rings. The predicted octanol–water partition coefficient (Wildman–Crippen LogP) is 3.55. The Morgan fingerprint density at radius 3 is 2.95 bits per heavy atom. The van der Waals surface area contributed by atoms with Crippen molar-refractivity contribution < 1.29 is 4.52 Å². The zero-order valence-corrected chi connectivity index (χ0v) is 10.8. The van der Waals surface area contributed by atoms with Gasteiger partial charge >= 0.3 is 0 Å². The molecule has 0 bridgehead atoms. The van der Waals surface area contributed by atoms with Crippen LogP contribution < -0.4 is 5.73 Å². The second-order valence-electron chi connectivity index (χ2n) is 3.97. The molecule has 0 saturated heterocycles. The molecule has 0 saturated carbocycles. The van der Waals surface area contributed by atoms with Crippen LogP contribution in [0.2, 0.25) is 0 Å². The Hall–Kier alpha value is -2.40. The van der Waals surface area contributed by atoms with Crippen molar-refractivity contribution in [2.45, 2.75) is 0 Å². The quantitative estimate of drug-likeness (QED) is 0.738. The average Bonchev–Trinajstić information content (AvgIpc) is 3.07. The van der Waals surface area contributed by atoms with E-state index in [2.05, 4.69) is 10.1 Å². The van der Waals surface area contributed by atoms with Crippen LogP contribution >= 0.6 is 11.3 Å². The lowest BCUT2D eigenvalue weighted by molar-refractivity contribution is 0.411. The molecule has 2 aromatic heterocycles. The Bertz CT molecular complexity index is 701. The molecule has 0 fully saturated rings. The number of anilines is 1. The molecule has 5 heteroatoms. The van der Waals surface area contributed by atoms with Gasteiger partial charge in [-0.1, -0.05) is 17.3 Å². The summed E-state index contributed by atoms with van der Waals surface area (Å²) >= 11 is 1.60. The standard InChI is InChI=1S/C14H11N3OS/c15-12-3-1-2-10(8-12)4-5-13-16-14(17-18-13)11-6-7-19-9-11/h1-9H,15H2/b5-4+. The topological polar surface area (TPSA) is 64.9 Å². The van der Waals surface area contributed by atoms with E-state index in [0.29, 0.717) is 11.7 Å². The lowest BCUT2D eigenvalue weighted by Crippen LogP contribution is -1.83. The number of benzene rings is 1. The minimum absolute atomic E-state index is 0.476. The van der Waals surface area contributed by atoms with Crippen molar-refractivity contribution in [2.75, 3.05) is 5.73 Å². The maximum atomic E-state index is 5.71. The molecular weight excluding hydrogens is 258 g/mol. The van der Waals surface area contributed by atoms with Gasteiger partial charge in [-0.05, 0) is 35.2 Å². The predicted molar refractivity (Wildman–Crippen MR) is 77.4 cm³/mol. The van der Waals surface area contributed by atoms with E-state index in [9.17, 15) is 0 Å². The minimum Gasteiger partial charge on any atom is -0.399 e. The molecule has 2 N–H and O–H groups in total. The van der Waals surface area contributed by atoms with Crippen molar-refractivity contribution >= 4 is 29.2 Å². The van der Waals surface area contributed by atoms with Gasteiger partial charge in [-0.3, -0.25) is 0 Å². The fraction of sp³-hybridized carbons (Fsp3) is 0. The van der Waals surface area contributed by atoms with E-state index >= 15 is 0 Å². The summed E-state index contributed by atoms with van der Waals surface area (Å²) in [5, 5.41) is 7.90. The molecule has 4 nitrogen and oxygen atoms in total. The van der Waals surface area contributed by atoms with E-state index in [-0.39, 0.29) is 0 Å². The van der Waals surface area contributed by atoms with E-state index in [1.807, 2.05) is 47.2 Å². The molecule has 0 atom stereocenters. The van der Waals surface area contributed by atoms with Gasteiger partial charge in [0.1, 0.15) is 0 Å². The lowest BCUT2D eigenvalue weighted by atomic mass is 10.2. The summed E-state index contributed by atoms with van der Waals surface area (Å²) in [6.45, 7) is 0. The summed E-state index contributed by atoms with van der Waals surface area (Å²) in [4.78, 5) is 4.30. The Labute approximate surface area is 114 Å². The smallest absolute Gasteiger partial charge is 0.250 e. The maximum absolute atomic E-state index is 5.71. The SMILES string of the molecule is Nc1cccc(/C=C/c2nc(-c3ccsc3)no2)c1. The van der Waals surface area contributed by atoms with Crippen molar-refractivity contribution in [2.24, 2.45) is 0 Å². The van der Waals surface area contributed by atoms with Crippen LogP contribution in [0.3, 0.4) is 0 Å². The van der Waals surface area contributed by atoms with Crippen molar-refractivity contribution in [3.05, 3.63) is 52.5 Å². The zero-order chi connectivity index (χ0) is 13.1. The van der Waals surface area contributed by atoms with Crippen molar-refractivity contribution in [1.82, 2.24) is 10.1 Å². The summed E-state index contributed by atoms with van der Waals surface area (Å²) in [5.41, 5.74) is 8.41. The summed E-state index contributed by atoms with van der Waals surface area (Å²) < 4.78 is 5.17. The van der Waals surface area contributed by atoms with Gasteiger partial charge in [-0.2, -0.15) is 16.3 Å². The van der Waals surface area contributed by atoms with E-state index in [1.165, 1.54) is 0 Å². The van der Waals surface area contributed by atoms with E-state index < -0.39 is 0 Å². The van der Waals surface area contributed by atoms with Crippen LogP contribution in [0.4, 0.5) is 5.69 Å². The first-order valence-electron chi connectivity index (χ1n) is 5.71. The molecule has 0 aliphatic heterocycles. The first kappa shape index (κ1) is 11.7. The van der Waals surface area contributed by atoms with Gasteiger partial charge in [0.05, 0.1) is 0 Å². The van der Waals surface area contributed by atoms with E-state index in [1.54, 1.807) is 17.4 Å². The molecule has 2 heterocycles. The first-order valence-corrected chi connectivity index (χ1v) is 6.65. The largest absolute Gasteiger partial charge is 0.399 e. The molecule has 19 heavy (non-hydrogen) atoms. The van der Waals surface area contributed by atoms with Crippen LogP contribution in [-0.4, -0.2) is 10.1 Å². The maximum Gasteiger partial charge on any atom is 0.250 e. The third-order valence-corrected chi connectivity index (χ3v) is 3.23. The highest BCUT2D eigenvalue weighted by Gasteiger charge is 2.06. The zero-order valence-electron chi connectivity index (χ0n) is 9.98. The average molecular weight is 269 g/mol. The van der Waals surface area contributed by atoms with Gasteiger partial charge in [0.25, 0.3) is 5.89 Å². The van der Waals surface area contributed by atoms with Crippen molar-refractivity contribution in [1.29, 1.82) is 0 Å². The first-order chi connectivity index (χ1) is 9.31. The monoisotopic (exact) mass is 269 g/mol. The number of hydrogen-bond acceptors (Lipinski definition) is 5. The van der Waals surface area contributed by atoms with Gasteiger partial charge in [0.2, 0.25) is 5.82 Å². The van der Waals surface area contributed by atoms with Crippen LogP contribution in [-0.2, 0) is 0 Å². The number of nitrogens with zero attached hydrogens (tertiary/aromatic N) is 2. The van der Waals surface area contributed by atoms with Crippen LogP contribution in [0, 0.1) is 0 Å². The van der Waals surface area contributed by atoms with Gasteiger partial charge in [-0.25, -0.2) is 0 Å². The van der Waals surface area contributed by atoms with Gasteiger partial charge in [0, 0.05) is 22.7 Å². The molecule has 0 amide bonds. The Balaban J connectivity index is 1.81. The molecule has 0 unspecified atom stereocenters. The van der Waals surface area contributed by atoms with Crippen LogP contribution in [0.5, 0.6) is 0 Å². The molecule has 0 aliphatic rings. The Kier molecular flexibility index (Phi) is 3.12. The number of hydrogen-bond donors (Lipinski definition) is 1. The molecule has 94 valence electrons. The lowest BCUT2D eigenvalue weighted by Gasteiger charge is -1.94. The minimum atomic E-state index is 0.476. The molecule has 1 aromatic carbocycles. The highest BCUT2D eigenvalue weighted by atomic mass is 32.1. The van der Waals surface area contributed by atoms with E-state index in [0.717, 1.165) is 16.8 Å². The van der Waals surface area contributed by atoms with Gasteiger partial charge in [-0.15, -0.1) is 0 Å². The summed E-state index contributed by atoms with van der Waals surface area (Å²) in [7, 11) is 0. The third kappa shape index (κ3) is 2.71. The Morgan fingerprint density at radius 1 is 1.21 bits per heavy atom. The fourth-order valence-electron chi connectivity index (χ4n) is 1.64. The highest BCUT2D eigenvalue weighted by Crippen LogP contribution is 2.19. The number of nitrogens with two attached hydrogens (primary N) is 1. The summed E-state index contributed by atoms with van der Waals surface area (Å²) in [5.74, 6) is 1.08. The van der Waals surface area contributed by atoms with Gasteiger partial charge in [0.15, 0.2) is 0 Å². The van der Waals surface area contributed by atoms with Crippen LogP contribution in [0.15, 0.2) is 45.6 Å². The third-order valence-electron chi connectivity index (χ3n) is 2.55. The molecule has 0 spiro atoms. The van der Waals surface area contributed by atoms with Crippen molar-refractivity contribution in [3.63, 3.8) is 0 Å². The highest BCUT2D eigenvalue weighted by molar-refractivity contribution is 7.08.